The van der Waals surface area contributed by atoms with Crippen molar-refractivity contribution in [1.29, 1.82) is 0 Å². The largest absolute Gasteiger partial charge is 0.370 e. The van der Waals surface area contributed by atoms with E-state index in [9.17, 15) is 0 Å². The number of aromatic nitrogens is 2. The van der Waals surface area contributed by atoms with Gasteiger partial charge in [-0.3, -0.25) is 0 Å². The van der Waals surface area contributed by atoms with Gasteiger partial charge >= 0.3 is 0 Å². The summed E-state index contributed by atoms with van der Waals surface area (Å²) in [5, 5.41) is 7.19. The maximum Gasteiger partial charge on any atom is 0.189 e. The van der Waals surface area contributed by atoms with E-state index in [1.165, 1.54) is 37.2 Å². The standard InChI is InChI=1S/C10H17N5S.HI/c1-7-9(16-15-14-7)6-12-10(11)13-8-4-2-3-5-8;/h8H,2-6H2,1H3,(H3,11,12,13);1H. The average molecular weight is 367 g/mol. The minimum Gasteiger partial charge on any atom is -0.370 e. The van der Waals surface area contributed by atoms with Crippen molar-refractivity contribution in [3.63, 3.8) is 0 Å². The molecule has 0 saturated heterocycles. The lowest BCUT2D eigenvalue weighted by atomic mass is 10.2. The number of halogens is 1. The second kappa shape index (κ2) is 7.10. The van der Waals surface area contributed by atoms with Crippen molar-refractivity contribution in [1.82, 2.24) is 14.9 Å². The SMILES string of the molecule is Cc1nnsc1CN=C(N)NC1CCCC1.I. The molecule has 7 heteroatoms. The molecule has 1 fully saturated rings. The molecule has 0 radical (unpaired) electrons. The molecule has 0 spiro atoms. The van der Waals surface area contributed by atoms with Crippen molar-refractivity contribution in [2.24, 2.45) is 10.7 Å². The highest BCUT2D eigenvalue weighted by molar-refractivity contribution is 14.0. The summed E-state index contributed by atoms with van der Waals surface area (Å²) in [5.41, 5.74) is 6.77. The van der Waals surface area contributed by atoms with E-state index < -0.39 is 0 Å². The first-order valence-corrected chi connectivity index (χ1v) is 6.37. The summed E-state index contributed by atoms with van der Waals surface area (Å²) in [6.45, 7) is 2.52. The Morgan fingerprint density at radius 2 is 2.24 bits per heavy atom. The third-order valence-corrected chi connectivity index (χ3v) is 3.65. The van der Waals surface area contributed by atoms with Gasteiger partial charge < -0.3 is 11.1 Å². The zero-order valence-electron chi connectivity index (χ0n) is 9.85. The Morgan fingerprint density at radius 3 is 2.82 bits per heavy atom. The summed E-state index contributed by atoms with van der Waals surface area (Å²) >= 11 is 1.38. The molecule has 17 heavy (non-hydrogen) atoms. The number of nitrogens with two attached hydrogens (primary N) is 1. The van der Waals surface area contributed by atoms with Crippen LogP contribution in [0, 0.1) is 6.92 Å². The molecule has 1 saturated carbocycles. The van der Waals surface area contributed by atoms with E-state index in [0.717, 1.165) is 10.6 Å². The number of hydrogen-bond donors (Lipinski definition) is 2. The Kier molecular flexibility index (Phi) is 6.10. The molecular weight excluding hydrogens is 349 g/mol. The molecule has 0 atom stereocenters. The lowest BCUT2D eigenvalue weighted by Crippen LogP contribution is -2.38. The van der Waals surface area contributed by atoms with Gasteiger partial charge in [0.25, 0.3) is 0 Å². The van der Waals surface area contributed by atoms with Gasteiger partial charge in [0.1, 0.15) is 0 Å². The van der Waals surface area contributed by atoms with Crippen LogP contribution in [0.3, 0.4) is 0 Å². The Morgan fingerprint density at radius 1 is 1.53 bits per heavy atom. The lowest BCUT2D eigenvalue weighted by molar-refractivity contribution is 0.625. The zero-order chi connectivity index (χ0) is 11.4. The summed E-state index contributed by atoms with van der Waals surface area (Å²) in [6, 6.07) is 0.518. The van der Waals surface area contributed by atoms with Crippen LogP contribution < -0.4 is 11.1 Å². The fourth-order valence-electron chi connectivity index (χ4n) is 1.88. The van der Waals surface area contributed by atoms with Crippen molar-refractivity contribution in [3.8, 4) is 0 Å². The van der Waals surface area contributed by atoms with Gasteiger partial charge in [-0.2, -0.15) is 0 Å². The van der Waals surface area contributed by atoms with Crippen LogP contribution in [-0.4, -0.2) is 21.6 Å². The molecule has 0 amide bonds. The summed E-state index contributed by atoms with van der Waals surface area (Å²) in [4.78, 5) is 5.38. The highest BCUT2D eigenvalue weighted by atomic mass is 127. The second-order valence-electron chi connectivity index (χ2n) is 4.11. The van der Waals surface area contributed by atoms with E-state index in [0.29, 0.717) is 18.5 Å². The molecule has 0 aliphatic heterocycles. The Bertz CT molecular complexity index is 373. The molecule has 1 aromatic rings. The number of nitrogens with one attached hydrogen (secondary N) is 1. The zero-order valence-corrected chi connectivity index (χ0v) is 13.0. The molecule has 1 aliphatic rings. The van der Waals surface area contributed by atoms with E-state index in [-0.39, 0.29) is 24.0 Å². The van der Waals surface area contributed by atoms with Crippen molar-refractivity contribution < 1.29 is 0 Å². The summed E-state index contributed by atoms with van der Waals surface area (Å²) in [6.07, 6.45) is 5.00. The molecule has 0 unspecified atom stereocenters. The molecule has 1 aliphatic carbocycles. The van der Waals surface area contributed by atoms with Crippen molar-refractivity contribution in [2.45, 2.75) is 45.2 Å². The van der Waals surface area contributed by atoms with Crippen LogP contribution >= 0.6 is 35.5 Å². The lowest BCUT2D eigenvalue weighted by Gasteiger charge is -2.11. The summed E-state index contributed by atoms with van der Waals surface area (Å²) in [5.74, 6) is 0.541. The third kappa shape index (κ3) is 4.38. The van der Waals surface area contributed by atoms with Gasteiger partial charge in [-0.1, -0.05) is 17.3 Å². The maximum atomic E-state index is 5.82. The Labute approximate surface area is 122 Å². The first kappa shape index (κ1) is 14.6. The van der Waals surface area contributed by atoms with Crippen molar-refractivity contribution in [3.05, 3.63) is 10.6 Å². The number of guanidine groups is 1. The Balaban J connectivity index is 0.00000144. The average Bonchev–Trinajstić information content (AvgIpc) is 2.87. The fraction of sp³-hybridized carbons (Fsp3) is 0.700. The number of nitrogens with zero attached hydrogens (tertiary/aromatic N) is 3. The van der Waals surface area contributed by atoms with E-state index >= 15 is 0 Å². The van der Waals surface area contributed by atoms with Crippen molar-refractivity contribution in [2.75, 3.05) is 0 Å². The number of aliphatic imine (C=N–C) groups is 1. The van der Waals surface area contributed by atoms with Crippen molar-refractivity contribution >= 4 is 41.5 Å². The van der Waals surface area contributed by atoms with Crippen LogP contribution in [0.5, 0.6) is 0 Å². The predicted octanol–water partition coefficient (Wildman–Crippen LogP) is 1.81. The second-order valence-corrected chi connectivity index (χ2v) is 4.95. The molecule has 1 heterocycles. The highest BCUT2D eigenvalue weighted by Gasteiger charge is 2.14. The molecule has 0 aromatic carbocycles. The number of hydrogen-bond acceptors (Lipinski definition) is 4. The molecule has 5 nitrogen and oxygen atoms in total. The summed E-state index contributed by atoms with van der Waals surface area (Å²) in [7, 11) is 0. The molecule has 3 N–H and O–H groups in total. The normalized spacial score (nSPS) is 16.9. The van der Waals surface area contributed by atoms with E-state index in [1.807, 2.05) is 6.92 Å². The first-order chi connectivity index (χ1) is 7.75. The topological polar surface area (TPSA) is 76.2 Å². The molecule has 96 valence electrons. The van der Waals surface area contributed by atoms with Gasteiger partial charge in [0, 0.05) is 6.04 Å². The quantitative estimate of drug-likeness (QED) is 0.485. The molecule has 2 rings (SSSR count). The van der Waals surface area contributed by atoms with Crippen LogP contribution in [0.2, 0.25) is 0 Å². The molecule has 1 aromatic heterocycles. The predicted molar refractivity (Wildman–Crippen MR) is 80.8 cm³/mol. The third-order valence-electron chi connectivity index (χ3n) is 2.85. The van der Waals surface area contributed by atoms with Crippen LogP contribution in [-0.2, 0) is 6.54 Å². The maximum absolute atomic E-state index is 5.82. The minimum atomic E-state index is 0. The van der Waals surface area contributed by atoms with E-state index in [4.69, 9.17) is 5.73 Å². The monoisotopic (exact) mass is 367 g/mol. The molecular formula is C10H18IN5S. The van der Waals surface area contributed by atoms with Gasteiger partial charge in [-0.05, 0) is 31.3 Å². The summed E-state index contributed by atoms with van der Waals surface area (Å²) < 4.78 is 3.86. The van der Waals surface area contributed by atoms with Crippen LogP contribution in [0.1, 0.15) is 36.3 Å². The highest BCUT2D eigenvalue weighted by Crippen LogP contribution is 2.17. The van der Waals surface area contributed by atoms with Crippen LogP contribution in [0.15, 0.2) is 4.99 Å². The number of aryl methyl sites for hydroxylation is 1. The fourth-order valence-corrected chi connectivity index (χ4v) is 2.44. The molecule has 0 bridgehead atoms. The van der Waals surface area contributed by atoms with Crippen LogP contribution in [0.4, 0.5) is 0 Å². The smallest absolute Gasteiger partial charge is 0.189 e. The van der Waals surface area contributed by atoms with E-state index in [2.05, 4.69) is 19.9 Å². The first-order valence-electron chi connectivity index (χ1n) is 5.60. The van der Waals surface area contributed by atoms with E-state index in [1.54, 1.807) is 0 Å². The number of rotatable bonds is 3. The van der Waals surface area contributed by atoms with Gasteiger partial charge in [0.2, 0.25) is 0 Å². The van der Waals surface area contributed by atoms with Gasteiger partial charge in [0.05, 0.1) is 17.1 Å². The Hall–Kier alpha value is -0.440. The van der Waals surface area contributed by atoms with Crippen LogP contribution in [0.25, 0.3) is 0 Å². The van der Waals surface area contributed by atoms with Gasteiger partial charge in [-0.15, -0.1) is 29.1 Å². The van der Waals surface area contributed by atoms with Gasteiger partial charge in [0.15, 0.2) is 5.96 Å². The van der Waals surface area contributed by atoms with Gasteiger partial charge in [-0.25, -0.2) is 4.99 Å². The minimum absolute atomic E-state index is 0.